The SMILES string of the molecule is CC1(C)CC[C@]2(C=O)CC[C@]3(C)C(C(=O)C=C4[C@@]5(C)C=C(C#N)C(=O)C(C)(C)C5CC[C@]43C)C2C1. The van der Waals surface area contributed by atoms with Gasteiger partial charge in [0.2, 0.25) is 0 Å². The Balaban J connectivity index is 1.70. The van der Waals surface area contributed by atoms with Gasteiger partial charge in [-0.15, -0.1) is 0 Å². The highest BCUT2D eigenvalue weighted by molar-refractivity contribution is 6.04. The van der Waals surface area contributed by atoms with Crippen LogP contribution in [0.5, 0.6) is 0 Å². The van der Waals surface area contributed by atoms with Gasteiger partial charge in [0, 0.05) is 22.2 Å². The summed E-state index contributed by atoms with van der Waals surface area (Å²) >= 11 is 0. The molecule has 0 aromatic rings. The molecule has 0 spiro atoms. The largest absolute Gasteiger partial charge is 0.303 e. The summed E-state index contributed by atoms with van der Waals surface area (Å²) in [5, 5.41) is 9.82. The molecule has 0 amide bonds. The summed E-state index contributed by atoms with van der Waals surface area (Å²) in [6, 6.07) is 2.17. The van der Waals surface area contributed by atoms with Crippen molar-refractivity contribution in [3.05, 3.63) is 23.3 Å². The van der Waals surface area contributed by atoms with Crippen LogP contribution in [0.1, 0.15) is 93.4 Å². The lowest BCUT2D eigenvalue weighted by atomic mass is 9.34. The van der Waals surface area contributed by atoms with Gasteiger partial charge >= 0.3 is 0 Å². The van der Waals surface area contributed by atoms with Crippen LogP contribution in [-0.4, -0.2) is 17.9 Å². The number of allylic oxidation sites excluding steroid dienone is 4. The van der Waals surface area contributed by atoms with Crippen molar-refractivity contribution in [1.29, 1.82) is 5.26 Å². The Kier molecular flexibility index (Phi) is 4.97. The first-order valence-corrected chi connectivity index (χ1v) is 13.5. The molecule has 7 atom stereocenters. The molecule has 0 N–H and O–H groups in total. The Morgan fingerprint density at radius 2 is 1.63 bits per heavy atom. The van der Waals surface area contributed by atoms with Crippen molar-refractivity contribution < 1.29 is 14.4 Å². The summed E-state index contributed by atoms with van der Waals surface area (Å²) < 4.78 is 0. The van der Waals surface area contributed by atoms with Crippen LogP contribution in [0.2, 0.25) is 0 Å². The van der Waals surface area contributed by atoms with E-state index >= 15 is 0 Å². The monoisotopic (exact) mass is 475 g/mol. The van der Waals surface area contributed by atoms with Crippen LogP contribution in [0.15, 0.2) is 23.3 Å². The predicted molar refractivity (Wildman–Crippen MR) is 135 cm³/mol. The Hall–Kier alpha value is -2.02. The van der Waals surface area contributed by atoms with Crippen molar-refractivity contribution in [2.45, 2.75) is 93.4 Å². The standard InChI is InChI=1S/C31H41NO3/c1-26(2)10-12-31(18-33)13-11-30(7)24(20(31)16-26)21(34)14-23-28(5)15-19(17-32)25(35)27(3,4)22(28)8-9-29(23,30)6/h14-15,18,20,22,24H,8-13,16H2,1-7H3/t20?,22?,24?,28-,29+,30+,31+/m0/s1. The summed E-state index contributed by atoms with van der Waals surface area (Å²) in [4.78, 5) is 39.9. The fourth-order valence-corrected chi connectivity index (χ4v) is 9.88. The van der Waals surface area contributed by atoms with Crippen molar-refractivity contribution >= 4 is 17.9 Å². The van der Waals surface area contributed by atoms with Crippen LogP contribution in [0.3, 0.4) is 0 Å². The van der Waals surface area contributed by atoms with E-state index in [9.17, 15) is 19.6 Å². The minimum absolute atomic E-state index is 0.0538. The summed E-state index contributed by atoms with van der Waals surface area (Å²) in [6.07, 6.45) is 11.4. The van der Waals surface area contributed by atoms with Gasteiger partial charge in [-0.05, 0) is 79.1 Å². The molecule has 4 nitrogen and oxygen atoms in total. The summed E-state index contributed by atoms with van der Waals surface area (Å²) in [5.41, 5.74) is -0.537. The first-order valence-electron chi connectivity index (χ1n) is 13.5. The molecule has 4 heteroatoms. The van der Waals surface area contributed by atoms with Gasteiger partial charge in [-0.3, -0.25) is 9.59 Å². The number of nitrogens with zero attached hydrogens (tertiary/aromatic N) is 1. The van der Waals surface area contributed by atoms with Crippen molar-refractivity contribution in [3.8, 4) is 6.07 Å². The molecule has 3 unspecified atom stereocenters. The lowest BCUT2D eigenvalue weighted by molar-refractivity contribution is -0.171. The second-order valence-electron chi connectivity index (χ2n) is 14.6. The smallest absolute Gasteiger partial charge is 0.178 e. The molecule has 3 saturated carbocycles. The average Bonchev–Trinajstić information content (AvgIpc) is 2.77. The molecule has 35 heavy (non-hydrogen) atoms. The number of hydrogen-bond acceptors (Lipinski definition) is 4. The molecule has 0 bridgehead atoms. The topological polar surface area (TPSA) is 75.0 Å². The van der Waals surface area contributed by atoms with E-state index in [-0.39, 0.29) is 56.6 Å². The third-order valence-electron chi connectivity index (χ3n) is 12.2. The van der Waals surface area contributed by atoms with Crippen molar-refractivity contribution in [2.75, 3.05) is 0 Å². The number of carbonyl (C=O) groups excluding carboxylic acids is 3. The third-order valence-corrected chi connectivity index (χ3v) is 12.2. The van der Waals surface area contributed by atoms with Crippen LogP contribution in [0.4, 0.5) is 0 Å². The van der Waals surface area contributed by atoms with Crippen LogP contribution >= 0.6 is 0 Å². The van der Waals surface area contributed by atoms with E-state index in [0.29, 0.717) is 0 Å². The van der Waals surface area contributed by atoms with Crippen molar-refractivity contribution in [3.63, 3.8) is 0 Å². The fourth-order valence-electron chi connectivity index (χ4n) is 9.88. The van der Waals surface area contributed by atoms with Gasteiger partial charge in [-0.25, -0.2) is 0 Å². The lowest BCUT2D eigenvalue weighted by Gasteiger charge is -2.68. The molecule has 0 saturated heterocycles. The number of carbonyl (C=O) groups is 3. The first-order chi connectivity index (χ1) is 16.1. The zero-order valence-corrected chi connectivity index (χ0v) is 22.6. The second-order valence-corrected chi connectivity index (χ2v) is 14.6. The quantitative estimate of drug-likeness (QED) is 0.411. The van der Waals surface area contributed by atoms with Crippen molar-refractivity contribution in [2.24, 2.45) is 50.2 Å². The van der Waals surface area contributed by atoms with Crippen molar-refractivity contribution in [1.82, 2.24) is 0 Å². The van der Waals surface area contributed by atoms with E-state index in [4.69, 9.17) is 0 Å². The molecule has 5 aliphatic rings. The molecule has 0 aromatic heterocycles. The van der Waals surface area contributed by atoms with E-state index in [1.54, 1.807) is 0 Å². The number of aldehydes is 1. The van der Waals surface area contributed by atoms with E-state index in [0.717, 1.165) is 50.5 Å². The molecule has 0 heterocycles. The number of nitriles is 1. The van der Waals surface area contributed by atoms with Gasteiger partial charge in [0.1, 0.15) is 12.4 Å². The zero-order chi connectivity index (χ0) is 25.8. The minimum Gasteiger partial charge on any atom is -0.303 e. The Bertz CT molecular complexity index is 1130. The molecule has 0 aromatic carbocycles. The molecular formula is C31H41NO3. The van der Waals surface area contributed by atoms with E-state index < -0.39 is 10.8 Å². The van der Waals surface area contributed by atoms with Crippen LogP contribution < -0.4 is 0 Å². The number of Topliss-reactive ketones (excluding diaryl/α,β-unsaturated/α-hetero) is 1. The summed E-state index contributed by atoms with van der Waals surface area (Å²) in [7, 11) is 0. The maximum Gasteiger partial charge on any atom is 0.178 e. The van der Waals surface area contributed by atoms with E-state index in [1.165, 1.54) is 6.29 Å². The van der Waals surface area contributed by atoms with Gasteiger partial charge in [0.15, 0.2) is 11.6 Å². The highest BCUT2D eigenvalue weighted by Gasteiger charge is 2.69. The lowest BCUT2D eigenvalue weighted by Crippen LogP contribution is -2.65. The van der Waals surface area contributed by atoms with Crippen LogP contribution in [-0.2, 0) is 14.4 Å². The molecule has 0 radical (unpaired) electrons. The van der Waals surface area contributed by atoms with E-state index in [1.807, 2.05) is 26.0 Å². The number of rotatable bonds is 1. The number of ketones is 2. The number of fused-ring (bicyclic) bond motifs is 7. The van der Waals surface area contributed by atoms with E-state index in [2.05, 4.69) is 40.7 Å². The maximum atomic E-state index is 14.2. The van der Waals surface area contributed by atoms with Crippen LogP contribution in [0.25, 0.3) is 0 Å². The molecule has 5 aliphatic carbocycles. The first kappa shape index (κ1) is 24.7. The highest BCUT2D eigenvalue weighted by atomic mass is 16.1. The summed E-state index contributed by atoms with van der Waals surface area (Å²) in [6.45, 7) is 15.3. The molecule has 3 fully saturated rings. The third kappa shape index (κ3) is 2.88. The Morgan fingerprint density at radius 3 is 2.26 bits per heavy atom. The number of hydrogen-bond donors (Lipinski definition) is 0. The van der Waals surface area contributed by atoms with Gasteiger partial charge < -0.3 is 4.79 Å². The fraction of sp³-hybridized carbons (Fsp3) is 0.742. The van der Waals surface area contributed by atoms with Gasteiger partial charge in [-0.1, -0.05) is 60.1 Å². The Labute approximate surface area is 210 Å². The zero-order valence-electron chi connectivity index (χ0n) is 22.6. The highest BCUT2D eigenvalue weighted by Crippen LogP contribution is 2.74. The van der Waals surface area contributed by atoms with Crippen LogP contribution in [0, 0.1) is 61.6 Å². The normalized spacial score (nSPS) is 47.7. The molecule has 188 valence electrons. The predicted octanol–water partition coefficient (Wildman–Crippen LogP) is 6.40. The summed E-state index contributed by atoms with van der Waals surface area (Å²) in [5.74, 6) is 0.0586. The molecular weight excluding hydrogens is 434 g/mol. The van der Waals surface area contributed by atoms with Gasteiger partial charge in [0.05, 0.1) is 5.57 Å². The molecule has 0 aliphatic heterocycles. The Morgan fingerprint density at radius 1 is 0.971 bits per heavy atom. The average molecular weight is 476 g/mol. The van der Waals surface area contributed by atoms with Gasteiger partial charge in [0.25, 0.3) is 0 Å². The molecule has 5 rings (SSSR count). The minimum atomic E-state index is -0.649. The maximum absolute atomic E-state index is 14.2. The second kappa shape index (κ2) is 7.05. The van der Waals surface area contributed by atoms with Gasteiger partial charge in [-0.2, -0.15) is 5.26 Å².